The molecule has 4 nitrogen and oxygen atoms in total. The summed E-state index contributed by atoms with van der Waals surface area (Å²) < 4.78 is 10.0. The molecule has 18 heavy (non-hydrogen) atoms. The van der Waals surface area contributed by atoms with Crippen LogP contribution >= 0.6 is 0 Å². The molecular weight excluding hydrogens is 232 g/mol. The Morgan fingerprint density at radius 1 is 1.11 bits per heavy atom. The van der Waals surface area contributed by atoms with Crippen LogP contribution in [0.5, 0.6) is 0 Å². The van der Waals surface area contributed by atoms with E-state index >= 15 is 0 Å². The van der Waals surface area contributed by atoms with Crippen LogP contribution in [0, 0.1) is 11.8 Å². The van der Waals surface area contributed by atoms with Gasteiger partial charge in [-0.25, -0.2) is 0 Å². The molecule has 0 fully saturated rings. The molecule has 0 aromatic carbocycles. The van der Waals surface area contributed by atoms with E-state index in [0.717, 1.165) is 25.7 Å². The first-order chi connectivity index (χ1) is 8.47. The average Bonchev–Trinajstić information content (AvgIpc) is 2.34. The van der Waals surface area contributed by atoms with E-state index in [1.165, 1.54) is 6.92 Å². The molecule has 4 heteroatoms. The van der Waals surface area contributed by atoms with Gasteiger partial charge in [-0.2, -0.15) is 0 Å². The van der Waals surface area contributed by atoms with Gasteiger partial charge >= 0.3 is 11.9 Å². The van der Waals surface area contributed by atoms with Crippen molar-refractivity contribution in [2.75, 3.05) is 13.2 Å². The summed E-state index contributed by atoms with van der Waals surface area (Å²) in [6, 6.07) is 0. The number of hydrogen-bond donors (Lipinski definition) is 0. The lowest BCUT2D eigenvalue weighted by atomic mass is 10.0. The molecule has 0 aliphatic rings. The fraction of sp³-hybridized carbons (Fsp3) is 0.857. The van der Waals surface area contributed by atoms with Crippen molar-refractivity contribution in [1.82, 2.24) is 0 Å². The van der Waals surface area contributed by atoms with Gasteiger partial charge in [0.05, 0.1) is 19.1 Å². The second kappa shape index (κ2) is 9.92. The van der Waals surface area contributed by atoms with Crippen molar-refractivity contribution in [3.8, 4) is 0 Å². The molecule has 0 aromatic heterocycles. The number of hydrogen-bond acceptors (Lipinski definition) is 4. The van der Waals surface area contributed by atoms with E-state index in [1.54, 1.807) is 0 Å². The zero-order chi connectivity index (χ0) is 14.0. The fourth-order valence-corrected chi connectivity index (χ4v) is 1.37. The number of rotatable bonds is 9. The molecule has 106 valence electrons. The van der Waals surface area contributed by atoms with Crippen LogP contribution in [-0.4, -0.2) is 25.2 Å². The first-order valence-corrected chi connectivity index (χ1v) is 6.77. The van der Waals surface area contributed by atoms with E-state index in [0.29, 0.717) is 19.1 Å². The van der Waals surface area contributed by atoms with E-state index in [-0.39, 0.29) is 17.9 Å². The van der Waals surface area contributed by atoms with Crippen LogP contribution in [0.1, 0.15) is 53.4 Å². The number of ether oxygens (including phenoxy) is 2. The Hall–Kier alpha value is -1.06. The van der Waals surface area contributed by atoms with E-state index in [9.17, 15) is 9.59 Å². The molecule has 0 heterocycles. The van der Waals surface area contributed by atoms with Gasteiger partial charge in [0.15, 0.2) is 0 Å². The molecule has 0 saturated carbocycles. The molecule has 0 aliphatic carbocycles. The van der Waals surface area contributed by atoms with Crippen LogP contribution in [0.15, 0.2) is 0 Å². The summed E-state index contributed by atoms with van der Waals surface area (Å²) in [4.78, 5) is 22.2. The van der Waals surface area contributed by atoms with Gasteiger partial charge in [0.25, 0.3) is 0 Å². The van der Waals surface area contributed by atoms with Gasteiger partial charge in [-0.15, -0.1) is 0 Å². The molecule has 0 aromatic rings. The molecule has 2 atom stereocenters. The summed E-state index contributed by atoms with van der Waals surface area (Å²) in [5.74, 6) is -0.0321. The quantitative estimate of drug-likeness (QED) is 0.471. The fourth-order valence-electron chi connectivity index (χ4n) is 1.37. The van der Waals surface area contributed by atoms with Crippen LogP contribution < -0.4 is 0 Å². The molecule has 0 saturated heterocycles. The third kappa shape index (κ3) is 9.02. The molecule has 0 bridgehead atoms. The average molecular weight is 258 g/mol. The van der Waals surface area contributed by atoms with E-state index in [1.807, 2.05) is 6.92 Å². The van der Waals surface area contributed by atoms with E-state index in [2.05, 4.69) is 13.8 Å². The summed E-state index contributed by atoms with van der Waals surface area (Å²) in [6.07, 6.45) is 3.46. The Morgan fingerprint density at radius 3 is 2.33 bits per heavy atom. The monoisotopic (exact) mass is 258 g/mol. The summed E-state index contributed by atoms with van der Waals surface area (Å²) in [7, 11) is 0. The predicted octanol–water partition coefficient (Wildman–Crippen LogP) is 2.95. The van der Waals surface area contributed by atoms with Crippen molar-refractivity contribution in [3.63, 3.8) is 0 Å². The maximum Gasteiger partial charge on any atom is 0.308 e. The first kappa shape index (κ1) is 16.9. The van der Waals surface area contributed by atoms with Crippen molar-refractivity contribution in [3.05, 3.63) is 0 Å². The summed E-state index contributed by atoms with van der Waals surface area (Å²) in [6.45, 7) is 8.37. The Bertz CT molecular complexity index is 250. The zero-order valence-corrected chi connectivity index (χ0v) is 12.0. The lowest BCUT2D eigenvalue weighted by Crippen LogP contribution is -2.18. The van der Waals surface area contributed by atoms with Gasteiger partial charge in [-0.05, 0) is 25.2 Å². The number of esters is 2. The van der Waals surface area contributed by atoms with Crippen molar-refractivity contribution in [2.45, 2.75) is 53.4 Å². The summed E-state index contributed by atoms with van der Waals surface area (Å²) in [5.41, 5.74) is 0. The third-order valence-electron chi connectivity index (χ3n) is 2.95. The molecule has 0 radical (unpaired) electrons. The molecule has 0 amide bonds. The highest BCUT2D eigenvalue weighted by atomic mass is 16.5. The number of carbonyl (C=O) groups is 2. The summed E-state index contributed by atoms with van der Waals surface area (Å²) >= 11 is 0. The van der Waals surface area contributed by atoms with Gasteiger partial charge in [0.2, 0.25) is 0 Å². The van der Waals surface area contributed by atoms with Gasteiger partial charge in [0, 0.05) is 6.92 Å². The topological polar surface area (TPSA) is 52.6 Å². The smallest absolute Gasteiger partial charge is 0.308 e. The molecule has 0 spiro atoms. The van der Waals surface area contributed by atoms with Crippen molar-refractivity contribution in [1.29, 1.82) is 0 Å². The third-order valence-corrected chi connectivity index (χ3v) is 2.95. The Balaban J connectivity index is 3.58. The minimum absolute atomic E-state index is 0.0774. The lowest BCUT2D eigenvalue weighted by molar-refractivity contribution is -0.149. The minimum Gasteiger partial charge on any atom is -0.466 e. The molecule has 0 aliphatic heterocycles. The van der Waals surface area contributed by atoms with Crippen LogP contribution in [-0.2, 0) is 19.1 Å². The predicted molar refractivity (Wildman–Crippen MR) is 70.1 cm³/mol. The van der Waals surface area contributed by atoms with E-state index < -0.39 is 0 Å². The zero-order valence-electron chi connectivity index (χ0n) is 12.0. The summed E-state index contributed by atoms with van der Waals surface area (Å²) in [5, 5.41) is 0. The number of carbonyl (C=O) groups excluding carboxylic acids is 2. The Kier molecular flexibility index (Phi) is 9.33. The first-order valence-electron chi connectivity index (χ1n) is 6.77. The minimum atomic E-state index is -0.254. The van der Waals surface area contributed by atoms with Gasteiger partial charge in [-0.3, -0.25) is 9.59 Å². The van der Waals surface area contributed by atoms with Crippen molar-refractivity contribution >= 4 is 11.9 Å². The maximum absolute atomic E-state index is 11.6. The van der Waals surface area contributed by atoms with E-state index in [4.69, 9.17) is 9.47 Å². The number of unbranched alkanes of at least 4 members (excludes halogenated alkanes) is 1. The Morgan fingerprint density at radius 2 is 1.78 bits per heavy atom. The SMILES string of the molecule is CCC(C)COC(=O)C(C)CCCCOC(C)=O. The second-order valence-corrected chi connectivity index (χ2v) is 4.88. The molecule has 0 N–H and O–H groups in total. The lowest BCUT2D eigenvalue weighted by Gasteiger charge is -2.13. The van der Waals surface area contributed by atoms with Crippen LogP contribution in [0.3, 0.4) is 0 Å². The maximum atomic E-state index is 11.6. The second-order valence-electron chi connectivity index (χ2n) is 4.88. The highest BCUT2D eigenvalue weighted by molar-refractivity contribution is 5.71. The van der Waals surface area contributed by atoms with Crippen LogP contribution in [0.2, 0.25) is 0 Å². The van der Waals surface area contributed by atoms with Crippen LogP contribution in [0.4, 0.5) is 0 Å². The molecule has 0 rings (SSSR count). The Labute approximate surface area is 110 Å². The van der Waals surface area contributed by atoms with Gasteiger partial charge in [-0.1, -0.05) is 27.2 Å². The molecular formula is C14H26O4. The van der Waals surface area contributed by atoms with Gasteiger partial charge < -0.3 is 9.47 Å². The largest absolute Gasteiger partial charge is 0.466 e. The van der Waals surface area contributed by atoms with Crippen molar-refractivity contribution in [2.24, 2.45) is 11.8 Å². The van der Waals surface area contributed by atoms with Crippen molar-refractivity contribution < 1.29 is 19.1 Å². The standard InChI is InChI=1S/C14H26O4/c1-5-11(2)10-18-14(16)12(3)8-6-7-9-17-13(4)15/h11-12H,5-10H2,1-4H3. The molecule has 2 unspecified atom stereocenters. The normalized spacial score (nSPS) is 13.8. The van der Waals surface area contributed by atoms with Gasteiger partial charge in [0.1, 0.15) is 0 Å². The van der Waals surface area contributed by atoms with Crippen LogP contribution in [0.25, 0.3) is 0 Å². The highest BCUT2D eigenvalue weighted by Gasteiger charge is 2.14. The highest BCUT2D eigenvalue weighted by Crippen LogP contribution is 2.11.